The van der Waals surface area contributed by atoms with Gasteiger partial charge in [-0.1, -0.05) is 42.0 Å². The molecule has 1 aromatic carbocycles. The van der Waals surface area contributed by atoms with E-state index in [1.807, 2.05) is 25.1 Å². The van der Waals surface area contributed by atoms with Crippen LogP contribution in [0.1, 0.15) is 31.2 Å². The number of hydrogen-bond acceptors (Lipinski definition) is 8. The molecule has 158 valence electrons. The van der Waals surface area contributed by atoms with Crippen molar-refractivity contribution < 1.29 is 9.53 Å². The number of rotatable bonds is 6. The number of nitrogens with one attached hydrogen (secondary N) is 1. The molecule has 0 radical (unpaired) electrons. The summed E-state index contributed by atoms with van der Waals surface area (Å²) in [5, 5.41) is 4.74. The van der Waals surface area contributed by atoms with Crippen LogP contribution in [0.15, 0.2) is 29.6 Å². The Bertz CT molecular complexity index is 1030. The van der Waals surface area contributed by atoms with Gasteiger partial charge in [0.2, 0.25) is 5.91 Å². The van der Waals surface area contributed by atoms with Gasteiger partial charge in [-0.2, -0.15) is 4.98 Å². The van der Waals surface area contributed by atoms with Crippen LogP contribution < -0.4 is 15.0 Å². The predicted octanol–water partition coefficient (Wildman–Crippen LogP) is 4.51. The van der Waals surface area contributed by atoms with Crippen molar-refractivity contribution in [3.05, 3.63) is 30.1 Å². The molecule has 0 atom stereocenters. The number of nitrogens with zero attached hydrogens (tertiary/aromatic N) is 4. The molecule has 1 aliphatic heterocycles. The molecule has 30 heavy (non-hydrogen) atoms. The molecule has 1 aliphatic rings. The van der Waals surface area contributed by atoms with Crippen molar-refractivity contribution in [2.75, 3.05) is 36.2 Å². The lowest BCUT2D eigenvalue weighted by molar-refractivity contribution is -0.113. The fourth-order valence-electron chi connectivity index (χ4n) is 3.46. The minimum atomic E-state index is -0.104. The lowest BCUT2D eigenvalue weighted by atomic mass is 10.2. The Morgan fingerprint density at radius 3 is 2.80 bits per heavy atom. The number of methoxy groups -OCH3 is 1. The molecule has 1 amide bonds. The highest BCUT2D eigenvalue weighted by Crippen LogP contribution is 2.34. The summed E-state index contributed by atoms with van der Waals surface area (Å²) in [5.41, 5.74) is 2.44. The molecule has 4 rings (SSSR count). The summed E-state index contributed by atoms with van der Waals surface area (Å²) in [5.74, 6) is 0.793. The maximum absolute atomic E-state index is 12.5. The minimum Gasteiger partial charge on any atom is -0.495 e. The number of thioether (sulfide) groups is 1. The van der Waals surface area contributed by atoms with Crippen molar-refractivity contribution in [1.29, 1.82) is 0 Å². The van der Waals surface area contributed by atoms with Crippen molar-refractivity contribution in [3.8, 4) is 5.75 Å². The molecule has 1 N–H and O–H groups in total. The number of fused-ring (bicyclic) bond motifs is 1. The zero-order valence-electron chi connectivity index (χ0n) is 17.2. The van der Waals surface area contributed by atoms with Gasteiger partial charge in [0, 0.05) is 13.1 Å². The third-order valence-electron chi connectivity index (χ3n) is 4.99. The first-order valence-corrected chi connectivity index (χ1v) is 11.9. The second kappa shape index (κ2) is 9.61. The zero-order valence-corrected chi connectivity index (χ0v) is 18.8. The van der Waals surface area contributed by atoms with Gasteiger partial charge in [-0.15, -0.1) is 0 Å². The molecule has 3 heterocycles. The molecule has 0 aliphatic carbocycles. The van der Waals surface area contributed by atoms with E-state index in [4.69, 9.17) is 9.72 Å². The highest BCUT2D eigenvalue weighted by atomic mass is 32.2. The summed E-state index contributed by atoms with van der Waals surface area (Å²) >= 11 is 3.03. The molecule has 9 heteroatoms. The van der Waals surface area contributed by atoms with E-state index in [0.29, 0.717) is 17.1 Å². The summed E-state index contributed by atoms with van der Waals surface area (Å²) in [6, 6.07) is 5.71. The van der Waals surface area contributed by atoms with E-state index >= 15 is 0 Å². The highest BCUT2D eigenvalue weighted by Gasteiger charge is 2.18. The van der Waals surface area contributed by atoms with E-state index in [2.05, 4.69) is 20.2 Å². The minimum absolute atomic E-state index is 0.104. The largest absolute Gasteiger partial charge is 0.495 e. The van der Waals surface area contributed by atoms with Crippen LogP contribution in [0, 0.1) is 6.92 Å². The van der Waals surface area contributed by atoms with Crippen LogP contribution in [0.5, 0.6) is 5.75 Å². The van der Waals surface area contributed by atoms with Gasteiger partial charge in [0.25, 0.3) is 0 Å². The Kier molecular flexibility index (Phi) is 6.69. The standard InChI is InChI=1S/C21H25N5O2S2/c1-14-7-8-16(28-2)15(11-14)24-17(27)12-29-20-18-19(22-13-23-20)25-21(30-18)26-9-5-3-4-6-10-26/h7-8,11,13H,3-6,9-10,12H2,1-2H3,(H,24,27). The first kappa shape index (κ1) is 20.9. The van der Waals surface area contributed by atoms with Crippen LogP contribution in [0.25, 0.3) is 10.3 Å². The van der Waals surface area contributed by atoms with Crippen molar-refractivity contribution in [2.45, 2.75) is 37.6 Å². The number of carbonyl (C=O) groups is 1. The Balaban J connectivity index is 1.46. The zero-order chi connectivity index (χ0) is 20.9. The molecule has 2 aromatic heterocycles. The number of thiazole rings is 1. The van der Waals surface area contributed by atoms with Gasteiger partial charge in [0.1, 0.15) is 21.8 Å². The molecule has 7 nitrogen and oxygen atoms in total. The van der Waals surface area contributed by atoms with Crippen molar-refractivity contribution in [1.82, 2.24) is 15.0 Å². The summed E-state index contributed by atoms with van der Waals surface area (Å²) in [6.07, 6.45) is 6.49. The van der Waals surface area contributed by atoms with E-state index in [0.717, 1.165) is 33.5 Å². The molecule has 0 unspecified atom stereocenters. The molecule has 0 bridgehead atoms. The first-order valence-electron chi connectivity index (χ1n) is 10.1. The number of anilines is 2. The molecule has 0 saturated carbocycles. The van der Waals surface area contributed by atoms with Crippen LogP contribution >= 0.6 is 23.1 Å². The van der Waals surface area contributed by atoms with Gasteiger partial charge in [-0.3, -0.25) is 4.79 Å². The topological polar surface area (TPSA) is 80.2 Å². The van der Waals surface area contributed by atoms with E-state index in [9.17, 15) is 4.79 Å². The van der Waals surface area contributed by atoms with Gasteiger partial charge < -0.3 is 15.0 Å². The fraction of sp³-hybridized carbons (Fsp3) is 0.429. The number of ether oxygens (including phenoxy) is 1. The lowest BCUT2D eigenvalue weighted by Crippen LogP contribution is -2.23. The summed E-state index contributed by atoms with van der Waals surface area (Å²) < 4.78 is 6.28. The average molecular weight is 444 g/mol. The van der Waals surface area contributed by atoms with Crippen LogP contribution in [-0.4, -0.2) is 46.8 Å². The van der Waals surface area contributed by atoms with Gasteiger partial charge in [-0.05, 0) is 37.5 Å². The molecular formula is C21H25N5O2S2. The maximum atomic E-state index is 12.5. The first-order chi connectivity index (χ1) is 14.6. The number of aromatic nitrogens is 3. The van der Waals surface area contributed by atoms with Crippen LogP contribution in [0.4, 0.5) is 10.8 Å². The van der Waals surface area contributed by atoms with Crippen LogP contribution in [0.3, 0.4) is 0 Å². The van der Waals surface area contributed by atoms with Gasteiger partial charge in [0.05, 0.1) is 18.6 Å². The smallest absolute Gasteiger partial charge is 0.234 e. The maximum Gasteiger partial charge on any atom is 0.234 e. The van der Waals surface area contributed by atoms with Gasteiger partial charge in [-0.25, -0.2) is 9.97 Å². The fourth-order valence-corrected chi connectivity index (χ4v) is 5.40. The SMILES string of the molecule is COc1ccc(C)cc1NC(=O)CSc1ncnc2nc(N3CCCCCC3)sc12. The Morgan fingerprint density at radius 1 is 1.23 bits per heavy atom. The van der Waals surface area contributed by atoms with E-state index in [1.165, 1.54) is 43.8 Å². The average Bonchev–Trinajstić information content (AvgIpc) is 2.99. The van der Waals surface area contributed by atoms with Crippen LogP contribution in [0.2, 0.25) is 0 Å². The van der Waals surface area contributed by atoms with Crippen LogP contribution in [-0.2, 0) is 4.79 Å². The molecule has 1 saturated heterocycles. The number of carbonyl (C=O) groups excluding carboxylic acids is 1. The van der Waals surface area contributed by atoms with E-state index < -0.39 is 0 Å². The number of benzene rings is 1. The highest BCUT2D eigenvalue weighted by molar-refractivity contribution is 8.00. The predicted molar refractivity (Wildman–Crippen MR) is 123 cm³/mol. The quantitative estimate of drug-likeness (QED) is 0.443. The third kappa shape index (κ3) is 4.84. The second-order valence-electron chi connectivity index (χ2n) is 7.27. The number of amides is 1. The van der Waals surface area contributed by atoms with Crippen molar-refractivity contribution in [2.24, 2.45) is 0 Å². The molecule has 3 aromatic rings. The van der Waals surface area contributed by atoms with E-state index in [1.54, 1.807) is 18.4 Å². The number of aryl methyl sites for hydroxylation is 1. The molecule has 0 spiro atoms. The molecular weight excluding hydrogens is 418 g/mol. The normalized spacial score (nSPS) is 14.5. The number of hydrogen-bond donors (Lipinski definition) is 1. The summed E-state index contributed by atoms with van der Waals surface area (Å²) in [6.45, 7) is 4.06. The third-order valence-corrected chi connectivity index (χ3v) is 7.22. The van der Waals surface area contributed by atoms with Crippen molar-refractivity contribution >= 4 is 50.2 Å². The Hall–Kier alpha value is -2.39. The molecule has 1 fully saturated rings. The lowest BCUT2D eigenvalue weighted by Gasteiger charge is -2.18. The van der Waals surface area contributed by atoms with Gasteiger partial charge in [0.15, 0.2) is 10.8 Å². The monoisotopic (exact) mass is 443 g/mol. The second-order valence-corrected chi connectivity index (χ2v) is 9.21. The van der Waals surface area contributed by atoms with Gasteiger partial charge >= 0.3 is 0 Å². The Morgan fingerprint density at radius 2 is 2.03 bits per heavy atom. The van der Waals surface area contributed by atoms with E-state index in [-0.39, 0.29) is 11.7 Å². The Labute approximate surface area is 184 Å². The van der Waals surface area contributed by atoms with Crippen molar-refractivity contribution in [3.63, 3.8) is 0 Å². The summed E-state index contributed by atoms with van der Waals surface area (Å²) in [7, 11) is 1.60. The summed E-state index contributed by atoms with van der Waals surface area (Å²) in [4.78, 5) is 28.4.